The molecule has 0 saturated heterocycles. The summed E-state index contributed by atoms with van der Waals surface area (Å²) in [6.07, 6.45) is 0.126. The number of fused-ring (bicyclic) bond motifs is 1. The fourth-order valence-corrected chi connectivity index (χ4v) is 3.12. The lowest BCUT2D eigenvalue weighted by Crippen LogP contribution is -2.05. The van der Waals surface area contributed by atoms with E-state index in [0.29, 0.717) is 11.7 Å². The Balaban J connectivity index is 2.14. The smallest absolute Gasteiger partial charge is 0.310 e. The Morgan fingerprint density at radius 1 is 1.12 bits per heavy atom. The van der Waals surface area contributed by atoms with Crippen LogP contribution in [0.2, 0.25) is 5.15 Å². The summed E-state index contributed by atoms with van der Waals surface area (Å²) >= 11 is 6.61. The molecule has 0 spiro atoms. The lowest BCUT2D eigenvalue weighted by atomic mass is 10.1. The number of nitrogens with zero attached hydrogens (tertiary/aromatic N) is 1. The summed E-state index contributed by atoms with van der Waals surface area (Å²) < 4.78 is 12.1. The van der Waals surface area contributed by atoms with Gasteiger partial charge < -0.3 is 14.0 Å². The maximum absolute atomic E-state index is 11.8. The molecule has 1 aromatic heterocycles. The largest absolute Gasteiger partial charge is 0.497 e. The zero-order chi connectivity index (χ0) is 17.1. The third-order valence-electron chi connectivity index (χ3n) is 4.04. The summed E-state index contributed by atoms with van der Waals surface area (Å²) in [4.78, 5) is 11.8. The van der Waals surface area contributed by atoms with Crippen molar-refractivity contribution in [2.45, 2.75) is 13.0 Å². The lowest BCUT2D eigenvalue weighted by Gasteiger charge is -2.08. The van der Waals surface area contributed by atoms with Crippen molar-refractivity contribution in [3.8, 4) is 5.75 Å². The van der Waals surface area contributed by atoms with E-state index in [1.54, 1.807) is 7.11 Å². The van der Waals surface area contributed by atoms with E-state index < -0.39 is 0 Å². The van der Waals surface area contributed by atoms with Crippen molar-refractivity contribution >= 4 is 28.5 Å². The number of hydrogen-bond acceptors (Lipinski definition) is 3. The lowest BCUT2D eigenvalue weighted by molar-refractivity contribution is -0.139. The van der Waals surface area contributed by atoms with Gasteiger partial charge in [0.2, 0.25) is 0 Å². The predicted octanol–water partition coefficient (Wildman–Crippen LogP) is 4.07. The van der Waals surface area contributed by atoms with Gasteiger partial charge in [0.15, 0.2) is 0 Å². The molecule has 4 nitrogen and oxygen atoms in total. The Bertz CT molecular complexity index is 871. The van der Waals surface area contributed by atoms with Crippen molar-refractivity contribution in [1.29, 1.82) is 0 Å². The third kappa shape index (κ3) is 3.10. The van der Waals surface area contributed by atoms with Crippen LogP contribution < -0.4 is 4.74 Å². The van der Waals surface area contributed by atoms with E-state index in [4.69, 9.17) is 21.1 Å². The molecule has 3 rings (SSSR count). The molecule has 3 aromatic rings. The van der Waals surface area contributed by atoms with Gasteiger partial charge in [-0.2, -0.15) is 0 Å². The molecule has 1 heterocycles. The number of ether oxygens (including phenoxy) is 2. The van der Waals surface area contributed by atoms with Crippen molar-refractivity contribution in [2.75, 3.05) is 14.2 Å². The van der Waals surface area contributed by atoms with Gasteiger partial charge in [-0.3, -0.25) is 4.79 Å². The number of esters is 1. The van der Waals surface area contributed by atoms with Crippen LogP contribution >= 0.6 is 11.6 Å². The van der Waals surface area contributed by atoms with Gasteiger partial charge in [-0.25, -0.2) is 0 Å². The van der Waals surface area contributed by atoms with Crippen LogP contribution in [0, 0.1) is 0 Å². The zero-order valence-corrected chi connectivity index (χ0v) is 14.3. The summed E-state index contributed by atoms with van der Waals surface area (Å²) in [6, 6.07) is 15.8. The maximum Gasteiger partial charge on any atom is 0.310 e. The van der Waals surface area contributed by atoms with Crippen LogP contribution in [0.3, 0.4) is 0 Å². The maximum atomic E-state index is 11.8. The van der Waals surface area contributed by atoms with E-state index in [2.05, 4.69) is 0 Å². The van der Waals surface area contributed by atoms with Crippen LogP contribution in [0.5, 0.6) is 5.75 Å². The van der Waals surface area contributed by atoms with Crippen LogP contribution in [0.25, 0.3) is 10.9 Å². The second kappa shape index (κ2) is 6.97. The zero-order valence-electron chi connectivity index (χ0n) is 13.6. The second-order valence-electron chi connectivity index (χ2n) is 5.48. The summed E-state index contributed by atoms with van der Waals surface area (Å²) in [5.74, 6) is 0.403. The number of carbonyl (C=O) groups excluding carboxylic acids is 1. The number of hydrogen-bond donors (Lipinski definition) is 0. The molecule has 0 aliphatic heterocycles. The standard InChI is InChI=1S/C19H18ClNO3/c1-23-14-8-9-17-15(10-14)16(11-18(22)24-2)19(20)21(17)12-13-6-4-3-5-7-13/h3-10H,11-12H2,1-2H3. The minimum atomic E-state index is -0.321. The van der Waals surface area contributed by atoms with E-state index in [0.717, 1.165) is 27.8 Å². The van der Waals surface area contributed by atoms with Crippen LogP contribution in [0.4, 0.5) is 0 Å². The van der Waals surface area contributed by atoms with Crippen molar-refractivity contribution in [3.05, 3.63) is 64.8 Å². The first-order chi connectivity index (χ1) is 11.6. The average molecular weight is 344 g/mol. The summed E-state index contributed by atoms with van der Waals surface area (Å²) in [5.41, 5.74) is 2.86. The van der Waals surface area contributed by atoms with Crippen molar-refractivity contribution < 1.29 is 14.3 Å². The molecule has 0 bridgehead atoms. The first-order valence-electron chi connectivity index (χ1n) is 7.59. The van der Waals surface area contributed by atoms with Gasteiger partial charge in [-0.1, -0.05) is 41.9 Å². The van der Waals surface area contributed by atoms with Gasteiger partial charge in [0.25, 0.3) is 0 Å². The molecule has 0 aliphatic carbocycles. The van der Waals surface area contributed by atoms with E-state index >= 15 is 0 Å². The van der Waals surface area contributed by atoms with E-state index in [1.807, 2.05) is 53.1 Å². The average Bonchev–Trinajstić information content (AvgIpc) is 2.87. The Morgan fingerprint density at radius 2 is 1.88 bits per heavy atom. The number of halogens is 1. The summed E-state index contributed by atoms with van der Waals surface area (Å²) in [5, 5.41) is 1.45. The molecule has 0 atom stereocenters. The molecule has 5 heteroatoms. The topological polar surface area (TPSA) is 40.5 Å². The Kier molecular flexibility index (Phi) is 4.76. The van der Waals surface area contributed by atoms with Crippen LogP contribution in [0.1, 0.15) is 11.1 Å². The number of benzene rings is 2. The molecule has 124 valence electrons. The Labute approximate surface area is 145 Å². The van der Waals surface area contributed by atoms with E-state index in [1.165, 1.54) is 7.11 Å². The molecular weight excluding hydrogens is 326 g/mol. The van der Waals surface area contributed by atoms with Gasteiger partial charge in [-0.05, 0) is 23.8 Å². The van der Waals surface area contributed by atoms with Gasteiger partial charge in [-0.15, -0.1) is 0 Å². The monoisotopic (exact) mass is 343 g/mol. The number of aromatic nitrogens is 1. The molecular formula is C19H18ClNO3. The predicted molar refractivity (Wildman–Crippen MR) is 94.8 cm³/mol. The van der Waals surface area contributed by atoms with Gasteiger partial charge in [0.05, 0.1) is 26.2 Å². The van der Waals surface area contributed by atoms with Gasteiger partial charge >= 0.3 is 5.97 Å². The molecule has 0 N–H and O–H groups in total. The van der Waals surface area contributed by atoms with E-state index in [9.17, 15) is 4.79 Å². The van der Waals surface area contributed by atoms with Crippen molar-refractivity contribution in [1.82, 2.24) is 4.57 Å². The minimum Gasteiger partial charge on any atom is -0.497 e. The molecule has 2 aromatic carbocycles. The summed E-state index contributed by atoms with van der Waals surface area (Å²) in [7, 11) is 2.99. The van der Waals surface area contributed by atoms with Gasteiger partial charge in [0.1, 0.15) is 10.9 Å². The second-order valence-corrected chi connectivity index (χ2v) is 5.84. The highest BCUT2D eigenvalue weighted by Gasteiger charge is 2.19. The Morgan fingerprint density at radius 3 is 2.54 bits per heavy atom. The van der Waals surface area contributed by atoms with E-state index in [-0.39, 0.29) is 12.4 Å². The number of carbonyl (C=O) groups is 1. The molecule has 0 saturated carbocycles. The van der Waals surface area contributed by atoms with Crippen LogP contribution in [-0.2, 0) is 22.5 Å². The highest BCUT2D eigenvalue weighted by molar-refractivity contribution is 6.32. The van der Waals surface area contributed by atoms with Crippen molar-refractivity contribution in [3.63, 3.8) is 0 Å². The van der Waals surface area contributed by atoms with Crippen LogP contribution in [-0.4, -0.2) is 24.8 Å². The minimum absolute atomic E-state index is 0.126. The molecule has 0 fully saturated rings. The number of rotatable bonds is 5. The SMILES string of the molecule is COC(=O)Cc1c(Cl)n(Cc2ccccc2)c2ccc(OC)cc12. The third-order valence-corrected chi connectivity index (χ3v) is 4.47. The quantitative estimate of drug-likeness (QED) is 0.656. The summed E-state index contributed by atoms with van der Waals surface area (Å²) in [6.45, 7) is 0.629. The van der Waals surface area contributed by atoms with Crippen molar-refractivity contribution in [2.24, 2.45) is 0 Å². The normalized spacial score (nSPS) is 10.8. The fraction of sp³-hybridized carbons (Fsp3) is 0.211. The molecule has 0 amide bonds. The fourth-order valence-electron chi connectivity index (χ4n) is 2.80. The highest BCUT2D eigenvalue weighted by atomic mass is 35.5. The molecule has 24 heavy (non-hydrogen) atoms. The number of methoxy groups -OCH3 is 2. The highest BCUT2D eigenvalue weighted by Crippen LogP contribution is 2.33. The van der Waals surface area contributed by atoms with Crippen LogP contribution in [0.15, 0.2) is 48.5 Å². The first-order valence-corrected chi connectivity index (χ1v) is 7.97. The van der Waals surface area contributed by atoms with Gasteiger partial charge in [0, 0.05) is 17.5 Å². The first kappa shape index (κ1) is 16.4. The molecule has 0 unspecified atom stereocenters. The Hall–Kier alpha value is -2.46. The molecule has 0 aliphatic rings. The molecule has 0 radical (unpaired) electrons.